The molecule has 2 aromatic rings. The van der Waals surface area contributed by atoms with Crippen molar-refractivity contribution in [3.8, 4) is 11.6 Å². The minimum atomic E-state index is -0.0414. The van der Waals surface area contributed by atoms with Crippen LogP contribution in [0.3, 0.4) is 0 Å². The number of likely N-dealkylation sites (tertiary alicyclic amines) is 1. The van der Waals surface area contributed by atoms with Crippen LogP contribution in [-0.2, 0) is 0 Å². The first-order valence-corrected chi connectivity index (χ1v) is 8.21. The van der Waals surface area contributed by atoms with Gasteiger partial charge in [0.05, 0.1) is 13.2 Å². The molecule has 1 saturated heterocycles. The number of ether oxygens (including phenoxy) is 2. The van der Waals surface area contributed by atoms with Crippen molar-refractivity contribution in [3.63, 3.8) is 0 Å². The van der Waals surface area contributed by atoms with E-state index in [1.165, 1.54) is 6.33 Å². The number of rotatable bonds is 5. The molecule has 24 heavy (non-hydrogen) atoms. The van der Waals surface area contributed by atoms with E-state index in [4.69, 9.17) is 9.47 Å². The molecule has 6 heteroatoms. The molecule has 3 rings (SSSR count). The minimum Gasteiger partial charge on any atom is -0.494 e. The molecular formula is C18H21N3O3. The summed E-state index contributed by atoms with van der Waals surface area (Å²) in [4.78, 5) is 22.5. The van der Waals surface area contributed by atoms with Crippen molar-refractivity contribution >= 4 is 5.91 Å². The first-order valence-electron chi connectivity index (χ1n) is 8.21. The summed E-state index contributed by atoms with van der Waals surface area (Å²) in [6.07, 6.45) is 4.89. The average molecular weight is 327 g/mol. The van der Waals surface area contributed by atoms with Gasteiger partial charge in [0.1, 0.15) is 18.2 Å². The minimum absolute atomic E-state index is 0.0223. The Kier molecular flexibility index (Phi) is 5.25. The molecule has 126 valence electrons. The standard InChI is InChI=1S/C18H21N3O3/c1-2-23-15-7-5-14(6-8-15)18(22)21-11-3-4-16(12-21)24-17-9-10-19-13-20-17/h5-10,13,16H,2-4,11-12H2,1H3. The average Bonchev–Trinajstić information content (AvgIpc) is 2.63. The number of aromatic nitrogens is 2. The highest BCUT2D eigenvalue weighted by Crippen LogP contribution is 2.19. The van der Waals surface area contributed by atoms with Gasteiger partial charge in [-0.05, 0) is 44.0 Å². The highest BCUT2D eigenvalue weighted by atomic mass is 16.5. The summed E-state index contributed by atoms with van der Waals surface area (Å²) in [7, 11) is 0. The van der Waals surface area contributed by atoms with E-state index in [-0.39, 0.29) is 12.0 Å². The van der Waals surface area contributed by atoms with E-state index in [1.807, 2.05) is 36.1 Å². The van der Waals surface area contributed by atoms with Gasteiger partial charge in [0.15, 0.2) is 0 Å². The second kappa shape index (κ2) is 7.77. The van der Waals surface area contributed by atoms with Gasteiger partial charge in [-0.1, -0.05) is 0 Å². The molecule has 0 aliphatic carbocycles. The number of benzene rings is 1. The van der Waals surface area contributed by atoms with Crippen LogP contribution < -0.4 is 9.47 Å². The molecule has 2 heterocycles. The number of hydrogen-bond donors (Lipinski definition) is 0. The van der Waals surface area contributed by atoms with Crippen molar-refractivity contribution in [2.24, 2.45) is 0 Å². The van der Waals surface area contributed by atoms with E-state index in [9.17, 15) is 4.79 Å². The van der Waals surface area contributed by atoms with Crippen molar-refractivity contribution in [1.82, 2.24) is 14.9 Å². The molecule has 0 bridgehead atoms. The van der Waals surface area contributed by atoms with E-state index in [2.05, 4.69) is 9.97 Å². The van der Waals surface area contributed by atoms with Crippen LogP contribution in [0.5, 0.6) is 11.6 Å². The molecule has 6 nitrogen and oxygen atoms in total. The van der Waals surface area contributed by atoms with Gasteiger partial charge in [-0.15, -0.1) is 0 Å². The zero-order valence-electron chi connectivity index (χ0n) is 13.7. The number of carbonyl (C=O) groups is 1. The van der Waals surface area contributed by atoms with E-state index >= 15 is 0 Å². The van der Waals surface area contributed by atoms with Crippen LogP contribution >= 0.6 is 0 Å². The van der Waals surface area contributed by atoms with Gasteiger partial charge in [-0.25, -0.2) is 9.97 Å². The molecule has 1 aliphatic rings. The number of nitrogens with zero attached hydrogens (tertiary/aromatic N) is 3. The topological polar surface area (TPSA) is 64.5 Å². The molecule has 0 N–H and O–H groups in total. The van der Waals surface area contributed by atoms with Crippen LogP contribution in [0, 0.1) is 0 Å². The monoisotopic (exact) mass is 327 g/mol. The third-order valence-corrected chi connectivity index (χ3v) is 3.92. The quantitative estimate of drug-likeness (QED) is 0.844. The zero-order chi connectivity index (χ0) is 16.8. The zero-order valence-corrected chi connectivity index (χ0v) is 13.7. The summed E-state index contributed by atoms with van der Waals surface area (Å²) in [5.41, 5.74) is 0.668. The van der Waals surface area contributed by atoms with Crippen LogP contribution in [0.1, 0.15) is 30.1 Å². The Morgan fingerprint density at radius 2 is 2.12 bits per heavy atom. The second-order valence-electron chi connectivity index (χ2n) is 5.64. The van der Waals surface area contributed by atoms with E-state index in [1.54, 1.807) is 12.3 Å². The maximum atomic E-state index is 12.7. The number of amides is 1. The Balaban J connectivity index is 1.62. The highest BCUT2D eigenvalue weighted by molar-refractivity contribution is 5.94. The van der Waals surface area contributed by atoms with Crippen LogP contribution in [0.2, 0.25) is 0 Å². The largest absolute Gasteiger partial charge is 0.494 e. The van der Waals surface area contributed by atoms with Crippen molar-refractivity contribution in [2.45, 2.75) is 25.9 Å². The maximum Gasteiger partial charge on any atom is 0.253 e. The summed E-state index contributed by atoms with van der Waals surface area (Å²) < 4.78 is 11.3. The maximum absolute atomic E-state index is 12.7. The van der Waals surface area contributed by atoms with Gasteiger partial charge in [-0.3, -0.25) is 4.79 Å². The summed E-state index contributed by atoms with van der Waals surface area (Å²) in [6.45, 7) is 3.86. The molecule has 1 unspecified atom stereocenters. The Hall–Kier alpha value is -2.63. The summed E-state index contributed by atoms with van der Waals surface area (Å²) in [6, 6.07) is 9.00. The molecule has 1 aromatic carbocycles. The molecule has 1 amide bonds. The first kappa shape index (κ1) is 16.2. The fraction of sp³-hybridized carbons (Fsp3) is 0.389. The van der Waals surface area contributed by atoms with Gasteiger partial charge in [0.2, 0.25) is 5.88 Å². The van der Waals surface area contributed by atoms with E-state index in [0.29, 0.717) is 24.6 Å². The van der Waals surface area contributed by atoms with Crippen LogP contribution in [0.25, 0.3) is 0 Å². The van der Waals surface area contributed by atoms with Gasteiger partial charge >= 0.3 is 0 Å². The van der Waals surface area contributed by atoms with Crippen molar-refractivity contribution in [2.75, 3.05) is 19.7 Å². The lowest BCUT2D eigenvalue weighted by Crippen LogP contribution is -2.44. The fourth-order valence-corrected chi connectivity index (χ4v) is 2.78. The fourth-order valence-electron chi connectivity index (χ4n) is 2.78. The lowest BCUT2D eigenvalue weighted by molar-refractivity contribution is 0.0527. The molecule has 0 saturated carbocycles. The molecule has 1 fully saturated rings. The van der Waals surface area contributed by atoms with Gasteiger partial charge in [0, 0.05) is 24.4 Å². The lowest BCUT2D eigenvalue weighted by atomic mass is 10.1. The Morgan fingerprint density at radius 1 is 1.29 bits per heavy atom. The van der Waals surface area contributed by atoms with E-state index in [0.717, 1.165) is 25.1 Å². The molecule has 0 radical (unpaired) electrons. The Bertz CT molecular complexity index is 661. The number of piperidine rings is 1. The van der Waals surface area contributed by atoms with E-state index < -0.39 is 0 Å². The van der Waals surface area contributed by atoms with Crippen LogP contribution in [0.4, 0.5) is 0 Å². The van der Waals surface area contributed by atoms with Gasteiger partial charge in [0.25, 0.3) is 5.91 Å². The predicted octanol–water partition coefficient (Wildman–Crippen LogP) is 2.56. The molecule has 1 aromatic heterocycles. The molecule has 0 spiro atoms. The summed E-state index contributed by atoms with van der Waals surface area (Å²) in [5, 5.41) is 0. The normalized spacial score (nSPS) is 17.4. The second-order valence-corrected chi connectivity index (χ2v) is 5.64. The Morgan fingerprint density at radius 3 is 2.83 bits per heavy atom. The van der Waals surface area contributed by atoms with Crippen molar-refractivity contribution < 1.29 is 14.3 Å². The predicted molar refractivity (Wildman–Crippen MR) is 89.2 cm³/mol. The molecule has 1 atom stereocenters. The van der Waals surface area contributed by atoms with Gasteiger partial charge in [-0.2, -0.15) is 0 Å². The third kappa shape index (κ3) is 4.01. The third-order valence-electron chi connectivity index (χ3n) is 3.92. The number of carbonyl (C=O) groups excluding carboxylic acids is 1. The van der Waals surface area contributed by atoms with Crippen molar-refractivity contribution in [3.05, 3.63) is 48.4 Å². The summed E-state index contributed by atoms with van der Waals surface area (Å²) in [5.74, 6) is 1.34. The van der Waals surface area contributed by atoms with Crippen molar-refractivity contribution in [1.29, 1.82) is 0 Å². The smallest absolute Gasteiger partial charge is 0.253 e. The number of hydrogen-bond acceptors (Lipinski definition) is 5. The van der Waals surface area contributed by atoms with Crippen LogP contribution in [-0.4, -0.2) is 46.6 Å². The highest BCUT2D eigenvalue weighted by Gasteiger charge is 2.26. The van der Waals surface area contributed by atoms with Crippen LogP contribution in [0.15, 0.2) is 42.9 Å². The molecule has 1 aliphatic heterocycles. The Labute approximate surface area is 141 Å². The summed E-state index contributed by atoms with van der Waals surface area (Å²) >= 11 is 0. The van der Waals surface area contributed by atoms with Gasteiger partial charge < -0.3 is 14.4 Å². The SMILES string of the molecule is CCOc1ccc(C(=O)N2CCCC(Oc3ccncn3)C2)cc1. The first-order chi connectivity index (χ1) is 11.8. The molecular weight excluding hydrogens is 306 g/mol. The lowest BCUT2D eigenvalue weighted by Gasteiger charge is -2.32.